The van der Waals surface area contributed by atoms with Crippen molar-refractivity contribution in [2.75, 3.05) is 74.6 Å². The third kappa shape index (κ3) is 4.97. The van der Waals surface area contributed by atoms with Crippen LogP contribution in [0, 0.1) is 0 Å². The molecule has 7 heteroatoms. The van der Waals surface area contributed by atoms with Crippen molar-refractivity contribution in [1.82, 2.24) is 4.90 Å². The number of carbonyl (C=O) groups excluding carboxylic acids is 1. The molecule has 3 aliphatic heterocycles. The van der Waals surface area contributed by atoms with Crippen LogP contribution in [0.15, 0.2) is 60.7 Å². The number of hydrogen-bond acceptors (Lipinski definition) is 5. The van der Waals surface area contributed by atoms with Gasteiger partial charge < -0.3 is 24.8 Å². The van der Waals surface area contributed by atoms with Crippen LogP contribution in [-0.2, 0) is 9.53 Å². The van der Waals surface area contributed by atoms with E-state index in [9.17, 15) is 4.79 Å². The van der Waals surface area contributed by atoms with Gasteiger partial charge in [-0.2, -0.15) is 0 Å². The lowest BCUT2D eigenvalue weighted by molar-refractivity contribution is -0.110. The molecule has 6 nitrogen and oxygen atoms in total. The third-order valence-electron chi connectivity index (χ3n) is 7.49. The van der Waals surface area contributed by atoms with E-state index in [1.165, 1.54) is 11.4 Å². The Hall–Kier alpha value is -3.32. The first-order valence-electron chi connectivity index (χ1n) is 12.9. The van der Waals surface area contributed by atoms with Crippen molar-refractivity contribution in [2.24, 2.45) is 0 Å². The zero-order chi connectivity index (χ0) is 25.4. The van der Waals surface area contributed by atoms with Gasteiger partial charge in [-0.25, -0.2) is 0 Å². The second-order valence-corrected chi connectivity index (χ2v) is 10.3. The van der Waals surface area contributed by atoms with Crippen LogP contribution in [0.25, 0.3) is 22.8 Å². The lowest BCUT2D eigenvalue weighted by Gasteiger charge is -2.34. The molecule has 0 bridgehead atoms. The van der Waals surface area contributed by atoms with Crippen molar-refractivity contribution in [3.63, 3.8) is 0 Å². The normalized spacial score (nSPS) is 19.3. The Kier molecular flexibility index (Phi) is 6.63. The van der Waals surface area contributed by atoms with Gasteiger partial charge in [0.15, 0.2) is 0 Å². The van der Waals surface area contributed by atoms with Gasteiger partial charge in [-0.05, 0) is 60.6 Å². The minimum Gasteiger partial charge on any atom is -0.378 e. The minimum absolute atomic E-state index is 0.101. The van der Waals surface area contributed by atoms with Gasteiger partial charge in [0.1, 0.15) is 0 Å². The predicted molar refractivity (Wildman–Crippen MR) is 153 cm³/mol. The summed E-state index contributed by atoms with van der Waals surface area (Å²) in [7, 11) is 2.16. The highest BCUT2D eigenvalue weighted by Gasteiger charge is 2.26. The largest absolute Gasteiger partial charge is 0.378 e. The van der Waals surface area contributed by atoms with Crippen molar-refractivity contribution >= 4 is 46.2 Å². The molecule has 0 aliphatic carbocycles. The van der Waals surface area contributed by atoms with E-state index in [1.54, 1.807) is 0 Å². The van der Waals surface area contributed by atoms with E-state index >= 15 is 0 Å². The average molecular weight is 515 g/mol. The molecule has 1 amide bonds. The second kappa shape index (κ2) is 10.2. The summed E-state index contributed by atoms with van der Waals surface area (Å²) in [6, 6.07) is 20.8. The number of hydrogen-bond donors (Lipinski definition) is 1. The zero-order valence-electron chi connectivity index (χ0n) is 21.0. The summed E-state index contributed by atoms with van der Waals surface area (Å²) in [5, 5.41) is 3.62. The fraction of sp³-hybridized carbons (Fsp3) is 0.300. The number of halogens is 1. The number of nitrogens with one attached hydrogen (secondary N) is 1. The highest BCUT2D eigenvalue weighted by molar-refractivity contribution is 6.38. The van der Waals surface area contributed by atoms with E-state index in [0.717, 1.165) is 80.4 Å². The molecule has 190 valence electrons. The first-order valence-corrected chi connectivity index (χ1v) is 13.3. The molecule has 3 aromatic carbocycles. The molecule has 3 aliphatic rings. The van der Waals surface area contributed by atoms with E-state index in [0.29, 0.717) is 10.6 Å². The molecule has 0 spiro atoms. The number of morpholine rings is 1. The molecule has 2 fully saturated rings. The predicted octanol–water partition coefficient (Wildman–Crippen LogP) is 5.09. The number of anilines is 3. The number of piperazine rings is 1. The Morgan fingerprint density at radius 3 is 2.32 bits per heavy atom. The van der Waals surface area contributed by atoms with E-state index in [-0.39, 0.29) is 5.91 Å². The Labute approximate surface area is 223 Å². The standard InChI is InChI=1S/C30H31ClN4O2/c1-33-9-11-34(12-10-33)24-4-2-3-21(17-24)18-27-26-19-25(28(31)20-29(26)32-30(27)36)22-5-7-23(8-6-22)35-13-15-37-16-14-35/h2-8,17-20H,9-16H2,1H3,(H,32,36). The maximum Gasteiger partial charge on any atom is 0.256 e. The Morgan fingerprint density at radius 2 is 1.57 bits per heavy atom. The molecule has 0 radical (unpaired) electrons. The van der Waals surface area contributed by atoms with Gasteiger partial charge in [-0.3, -0.25) is 4.79 Å². The van der Waals surface area contributed by atoms with Crippen molar-refractivity contribution in [1.29, 1.82) is 0 Å². The molecule has 37 heavy (non-hydrogen) atoms. The average Bonchev–Trinajstić information content (AvgIpc) is 3.22. The van der Waals surface area contributed by atoms with Crippen molar-refractivity contribution < 1.29 is 9.53 Å². The fourth-order valence-electron chi connectivity index (χ4n) is 5.29. The molecule has 6 rings (SSSR count). The van der Waals surface area contributed by atoms with Crippen LogP contribution < -0.4 is 15.1 Å². The molecule has 0 saturated carbocycles. The van der Waals surface area contributed by atoms with E-state index in [1.807, 2.05) is 18.2 Å². The number of likely N-dealkylation sites (N-methyl/N-ethyl adjacent to an activating group) is 1. The van der Waals surface area contributed by atoms with E-state index < -0.39 is 0 Å². The van der Waals surface area contributed by atoms with Crippen LogP contribution in [0.2, 0.25) is 5.02 Å². The summed E-state index contributed by atoms with van der Waals surface area (Å²) in [6.45, 7) is 7.43. The lowest BCUT2D eigenvalue weighted by atomic mass is 9.97. The van der Waals surface area contributed by atoms with Crippen LogP contribution in [0.1, 0.15) is 11.1 Å². The summed E-state index contributed by atoms with van der Waals surface area (Å²) in [6.07, 6.45) is 1.99. The highest BCUT2D eigenvalue weighted by atomic mass is 35.5. The number of fused-ring (bicyclic) bond motifs is 1. The summed E-state index contributed by atoms with van der Waals surface area (Å²) in [5.41, 5.74) is 7.63. The number of benzene rings is 3. The maximum absolute atomic E-state index is 13.0. The number of carbonyl (C=O) groups is 1. The SMILES string of the molecule is CN1CCN(c2cccc(C=C3C(=O)Nc4cc(Cl)c(-c5ccc(N6CCOCC6)cc5)cc43)c2)CC1. The second-order valence-electron chi connectivity index (χ2n) is 9.92. The number of rotatable bonds is 4. The van der Waals surface area contributed by atoms with Gasteiger partial charge in [0, 0.05) is 67.3 Å². The van der Waals surface area contributed by atoms with Crippen LogP contribution in [0.4, 0.5) is 17.1 Å². The van der Waals surface area contributed by atoms with Crippen molar-refractivity contribution in [3.8, 4) is 11.1 Å². The highest BCUT2D eigenvalue weighted by Crippen LogP contribution is 2.41. The van der Waals surface area contributed by atoms with Crippen molar-refractivity contribution in [2.45, 2.75) is 0 Å². The van der Waals surface area contributed by atoms with Crippen LogP contribution in [-0.4, -0.2) is 70.3 Å². The number of ether oxygens (including phenoxy) is 1. The summed E-state index contributed by atoms with van der Waals surface area (Å²) in [5.74, 6) is -0.101. The molecule has 0 unspecified atom stereocenters. The smallest absolute Gasteiger partial charge is 0.256 e. The van der Waals surface area contributed by atoms with E-state index in [4.69, 9.17) is 16.3 Å². The van der Waals surface area contributed by atoms with Gasteiger partial charge in [0.2, 0.25) is 0 Å². The topological polar surface area (TPSA) is 48.0 Å². The maximum atomic E-state index is 13.0. The molecule has 1 N–H and O–H groups in total. The summed E-state index contributed by atoms with van der Waals surface area (Å²) < 4.78 is 5.47. The lowest BCUT2D eigenvalue weighted by Crippen LogP contribution is -2.44. The Balaban J connectivity index is 1.30. The summed E-state index contributed by atoms with van der Waals surface area (Å²) >= 11 is 6.70. The molecule has 0 atom stereocenters. The monoisotopic (exact) mass is 514 g/mol. The van der Waals surface area contributed by atoms with Gasteiger partial charge in [-0.1, -0.05) is 35.9 Å². The number of amides is 1. The van der Waals surface area contributed by atoms with E-state index in [2.05, 4.69) is 75.6 Å². The van der Waals surface area contributed by atoms with Gasteiger partial charge in [0.05, 0.1) is 23.9 Å². The van der Waals surface area contributed by atoms with Crippen LogP contribution in [0.3, 0.4) is 0 Å². The van der Waals surface area contributed by atoms with Crippen molar-refractivity contribution in [3.05, 3.63) is 76.8 Å². The van der Waals surface area contributed by atoms with Gasteiger partial charge in [-0.15, -0.1) is 0 Å². The molecule has 0 aromatic heterocycles. The quantitative estimate of drug-likeness (QED) is 0.492. The molecule has 3 heterocycles. The Bertz CT molecular complexity index is 1340. The Morgan fingerprint density at radius 1 is 0.838 bits per heavy atom. The van der Waals surface area contributed by atoms with Gasteiger partial charge in [0.25, 0.3) is 5.91 Å². The molecular weight excluding hydrogens is 484 g/mol. The minimum atomic E-state index is -0.101. The zero-order valence-corrected chi connectivity index (χ0v) is 21.8. The third-order valence-corrected chi connectivity index (χ3v) is 7.81. The van der Waals surface area contributed by atoms with Crippen LogP contribution >= 0.6 is 11.6 Å². The first-order chi connectivity index (χ1) is 18.0. The van der Waals surface area contributed by atoms with Gasteiger partial charge >= 0.3 is 0 Å². The van der Waals surface area contributed by atoms with Crippen LogP contribution in [0.5, 0.6) is 0 Å². The molecular formula is C30H31ClN4O2. The molecule has 2 saturated heterocycles. The summed E-state index contributed by atoms with van der Waals surface area (Å²) in [4.78, 5) is 20.1. The fourth-order valence-corrected chi connectivity index (χ4v) is 5.56. The first kappa shape index (κ1) is 24.0. The molecule has 3 aromatic rings. The number of nitrogens with zero attached hydrogens (tertiary/aromatic N) is 3.